The summed E-state index contributed by atoms with van der Waals surface area (Å²) in [4.78, 5) is 41.7. The van der Waals surface area contributed by atoms with Gasteiger partial charge in [0.2, 0.25) is 11.4 Å². The van der Waals surface area contributed by atoms with E-state index in [1.807, 2.05) is 42.5 Å². The second-order valence-corrected chi connectivity index (χ2v) is 14.4. The van der Waals surface area contributed by atoms with Crippen molar-refractivity contribution in [1.82, 2.24) is 5.16 Å². The Kier molecular flexibility index (Phi) is 6.47. The van der Waals surface area contributed by atoms with Gasteiger partial charge in [-0.15, -0.1) is 0 Å². The standard InChI is InChI=1S/C35H27BrClNO8/c1-34(2,3)45-33(41)43-29-21-14-19(36)9-10-20(21)27(37)22-12-17-11-18-13-23-26(32(38-46-23)42-15-16-7-5-4-6-8-16)30(40)35(18)31(44-35)24(17)28(39)25(22)29/h4-10,14,17-18H,11-13,15H2,1-3H3/t17?,18-,35+/m0/s1. The minimum atomic E-state index is -1.29. The summed E-state index contributed by atoms with van der Waals surface area (Å²) < 4.78 is 29.7. The first kappa shape index (κ1) is 29.3. The molecule has 0 bridgehead atoms. The smallest absolute Gasteiger partial charge is 0.470 e. The van der Waals surface area contributed by atoms with E-state index in [4.69, 9.17) is 35.1 Å². The Morgan fingerprint density at radius 3 is 2.63 bits per heavy atom. The average Bonchev–Trinajstić information content (AvgIpc) is 3.63. The number of ketones is 2. The molecule has 1 aromatic heterocycles. The van der Waals surface area contributed by atoms with Crippen molar-refractivity contribution in [2.75, 3.05) is 0 Å². The first-order valence-electron chi connectivity index (χ1n) is 15.0. The molecule has 4 aliphatic rings. The molecule has 0 amide bonds. The fourth-order valence-electron chi connectivity index (χ4n) is 7.12. The molecular formula is C35H27BrClNO8. The summed E-state index contributed by atoms with van der Waals surface area (Å²) >= 11 is 10.5. The number of ether oxygens (including phenoxy) is 4. The van der Waals surface area contributed by atoms with E-state index < -0.39 is 17.4 Å². The van der Waals surface area contributed by atoms with E-state index in [1.165, 1.54) is 0 Å². The van der Waals surface area contributed by atoms with Crippen molar-refractivity contribution in [3.8, 4) is 11.6 Å². The van der Waals surface area contributed by atoms with Gasteiger partial charge in [0.15, 0.2) is 23.1 Å². The van der Waals surface area contributed by atoms with E-state index in [2.05, 4.69) is 21.1 Å². The van der Waals surface area contributed by atoms with Crippen molar-refractivity contribution in [3.05, 3.63) is 97.4 Å². The van der Waals surface area contributed by atoms with Crippen LogP contribution in [0.1, 0.15) is 64.8 Å². The number of fused-ring (bicyclic) bond motifs is 4. The zero-order valence-corrected chi connectivity index (χ0v) is 27.4. The number of halogens is 2. The molecule has 8 rings (SSSR count). The fraction of sp³-hybridized carbons (Fsp3) is 0.314. The van der Waals surface area contributed by atoms with Crippen LogP contribution in [0.5, 0.6) is 11.6 Å². The summed E-state index contributed by atoms with van der Waals surface area (Å²) in [6.07, 6.45) is 0.351. The van der Waals surface area contributed by atoms with Crippen LogP contribution in [0.3, 0.4) is 0 Å². The first-order chi connectivity index (χ1) is 22.0. The number of benzene rings is 3. The van der Waals surface area contributed by atoms with Gasteiger partial charge in [0.05, 0.1) is 10.6 Å². The number of aromatic nitrogens is 1. The topological polar surface area (TPSA) is 117 Å². The molecule has 234 valence electrons. The molecule has 46 heavy (non-hydrogen) atoms. The zero-order valence-electron chi connectivity index (χ0n) is 25.1. The summed E-state index contributed by atoms with van der Waals surface area (Å²) in [6, 6.07) is 14.9. The van der Waals surface area contributed by atoms with Crippen molar-refractivity contribution in [2.24, 2.45) is 11.8 Å². The van der Waals surface area contributed by atoms with Crippen LogP contribution in [-0.2, 0) is 28.9 Å². The van der Waals surface area contributed by atoms with E-state index in [1.54, 1.807) is 26.8 Å². The minimum Gasteiger partial charge on any atom is -0.470 e. The third-order valence-electron chi connectivity index (χ3n) is 9.06. The molecule has 0 saturated carbocycles. The summed E-state index contributed by atoms with van der Waals surface area (Å²) in [5, 5.41) is 5.62. The van der Waals surface area contributed by atoms with E-state index in [0.717, 1.165) is 5.56 Å². The number of carbonyl (C=O) groups excluding carboxylic acids is 3. The Morgan fingerprint density at radius 2 is 1.87 bits per heavy atom. The Bertz CT molecular complexity index is 2040. The average molecular weight is 705 g/mol. The van der Waals surface area contributed by atoms with Crippen LogP contribution in [0.2, 0.25) is 5.02 Å². The highest BCUT2D eigenvalue weighted by Crippen LogP contribution is 2.63. The molecule has 1 spiro atoms. The highest BCUT2D eigenvalue weighted by atomic mass is 79.9. The molecule has 2 heterocycles. The molecule has 1 aliphatic heterocycles. The Balaban J connectivity index is 1.20. The lowest BCUT2D eigenvalue weighted by atomic mass is 9.63. The first-order valence-corrected chi connectivity index (χ1v) is 16.2. The molecule has 0 radical (unpaired) electrons. The number of nitrogens with zero attached hydrogens (tertiary/aromatic N) is 1. The third kappa shape index (κ3) is 4.41. The molecule has 1 saturated heterocycles. The van der Waals surface area contributed by atoms with Crippen LogP contribution >= 0.6 is 27.5 Å². The van der Waals surface area contributed by atoms with Crippen LogP contribution in [-0.4, -0.2) is 34.1 Å². The number of carbonyl (C=O) groups is 3. The van der Waals surface area contributed by atoms with Crippen LogP contribution in [0.25, 0.3) is 10.8 Å². The highest BCUT2D eigenvalue weighted by Gasteiger charge is 2.72. The molecule has 9 nitrogen and oxygen atoms in total. The zero-order chi connectivity index (χ0) is 32.1. The number of epoxide rings is 1. The number of Topliss-reactive ketones (excluding diaryl/α,β-unsaturated/α-hetero) is 2. The second kappa shape index (κ2) is 10.2. The van der Waals surface area contributed by atoms with Gasteiger partial charge >= 0.3 is 6.16 Å². The SMILES string of the molecule is CC(C)(C)OC(=O)Oc1c2c(c(Cl)c3ccc(Br)cc13)CC1C[C@H]3Cc4onc(OCc5ccccc5)c4C(=O)[C@]34OC4=C1C2=O. The molecule has 3 aromatic carbocycles. The maximum absolute atomic E-state index is 14.5. The number of rotatable bonds is 4. The van der Waals surface area contributed by atoms with Crippen molar-refractivity contribution >= 4 is 56.0 Å². The molecule has 1 unspecified atom stereocenters. The summed E-state index contributed by atoms with van der Waals surface area (Å²) in [5.74, 6) is -0.260. The Morgan fingerprint density at radius 1 is 1.09 bits per heavy atom. The molecule has 11 heteroatoms. The lowest BCUT2D eigenvalue weighted by molar-refractivity contribution is 0.0208. The lowest BCUT2D eigenvalue weighted by Gasteiger charge is -2.35. The van der Waals surface area contributed by atoms with Crippen LogP contribution < -0.4 is 9.47 Å². The Labute approximate surface area is 276 Å². The van der Waals surface area contributed by atoms with Crippen molar-refractivity contribution in [1.29, 1.82) is 0 Å². The quantitative estimate of drug-likeness (QED) is 0.118. The van der Waals surface area contributed by atoms with Gasteiger partial charge in [0.1, 0.15) is 17.8 Å². The Hall–Kier alpha value is -4.15. The van der Waals surface area contributed by atoms with Crippen LogP contribution in [0.4, 0.5) is 4.79 Å². The molecule has 4 aromatic rings. The summed E-state index contributed by atoms with van der Waals surface area (Å²) in [5.41, 5.74) is 0.211. The van der Waals surface area contributed by atoms with Gasteiger partial charge in [-0.05, 0) is 67.9 Å². The van der Waals surface area contributed by atoms with Crippen LogP contribution in [0.15, 0.2) is 68.9 Å². The highest BCUT2D eigenvalue weighted by molar-refractivity contribution is 9.10. The minimum absolute atomic E-state index is 0.0613. The van der Waals surface area contributed by atoms with Crippen LogP contribution in [0, 0.1) is 11.8 Å². The number of allylic oxidation sites excluding steroid dienone is 1. The third-order valence-corrected chi connectivity index (χ3v) is 9.98. The fourth-order valence-corrected chi connectivity index (χ4v) is 7.82. The van der Waals surface area contributed by atoms with Gasteiger partial charge in [-0.3, -0.25) is 9.59 Å². The predicted octanol–water partition coefficient (Wildman–Crippen LogP) is 7.97. The maximum atomic E-state index is 14.5. The van der Waals surface area contributed by atoms with Crippen molar-refractivity contribution in [2.45, 2.75) is 57.8 Å². The van der Waals surface area contributed by atoms with E-state index in [0.29, 0.717) is 62.2 Å². The van der Waals surface area contributed by atoms with Crippen molar-refractivity contribution in [3.63, 3.8) is 0 Å². The summed E-state index contributed by atoms with van der Waals surface area (Å²) in [6.45, 7) is 5.39. The van der Waals surface area contributed by atoms with Crippen molar-refractivity contribution < 1.29 is 37.9 Å². The van der Waals surface area contributed by atoms with E-state index >= 15 is 0 Å². The lowest BCUT2D eigenvalue weighted by Crippen LogP contribution is -2.44. The monoisotopic (exact) mass is 703 g/mol. The summed E-state index contributed by atoms with van der Waals surface area (Å²) in [7, 11) is 0. The van der Waals surface area contributed by atoms with Gasteiger partial charge in [-0.2, -0.15) is 0 Å². The largest absolute Gasteiger partial charge is 0.514 e. The number of hydrogen-bond donors (Lipinski definition) is 0. The van der Waals surface area contributed by atoms with E-state index in [-0.39, 0.29) is 52.8 Å². The molecule has 3 atom stereocenters. The van der Waals surface area contributed by atoms with Gasteiger partial charge in [0.25, 0.3) is 5.88 Å². The van der Waals surface area contributed by atoms with Gasteiger partial charge in [-0.25, -0.2) is 4.79 Å². The van der Waals surface area contributed by atoms with E-state index in [9.17, 15) is 14.4 Å². The number of hydrogen-bond acceptors (Lipinski definition) is 9. The molecule has 3 aliphatic carbocycles. The molecule has 0 N–H and O–H groups in total. The molecule has 1 fully saturated rings. The maximum Gasteiger partial charge on any atom is 0.514 e. The normalized spacial score (nSPS) is 22.6. The second-order valence-electron chi connectivity index (χ2n) is 13.1. The molecular weight excluding hydrogens is 678 g/mol. The van der Waals surface area contributed by atoms with Gasteiger partial charge in [0, 0.05) is 33.2 Å². The predicted molar refractivity (Wildman–Crippen MR) is 169 cm³/mol. The van der Waals surface area contributed by atoms with Gasteiger partial charge < -0.3 is 23.5 Å². The van der Waals surface area contributed by atoms with Gasteiger partial charge in [-0.1, -0.05) is 63.9 Å².